The molecule has 2 N–H and O–H groups in total. The number of carbonyl (C=O) groups excluding carboxylic acids is 1. The Hall–Kier alpha value is -0.870. The zero-order valence-electron chi connectivity index (χ0n) is 8.61. The van der Waals surface area contributed by atoms with Gasteiger partial charge in [-0.2, -0.15) is 0 Å². The largest absolute Gasteiger partial charge is 0.463 e. The maximum atomic E-state index is 10.9. The van der Waals surface area contributed by atoms with Crippen LogP contribution in [0.4, 0.5) is 0 Å². The molecule has 0 aliphatic carbocycles. The molecular formula is C10H18N2O2. The van der Waals surface area contributed by atoms with E-state index in [-0.39, 0.29) is 5.97 Å². The fourth-order valence-corrected chi connectivity index (χ4v) is 1.52. The fraction of sp³-hybridized carbons (Fsp3) is 0.700. The molecule has 0 radical (unpaired) electrons. The highest BCUT2D eigenvalue weighted by Crippen LogP contribution is 2.05. The van der Waals surface area contributed by atoms with E-state index in [9.17, 15) is 4.79 Å². The maximum absolute atomic E-state index is 10.9. The predicted molar refractivity (Wildman–Crippen MR) is 54.8 cm³/mol. The van der Waals surface area contributed by atoms with E-state index >= 15 is 0 Å². The molecular weight excluding hydrogens is 180 g/mol. The van der Waals surface area contributed by atoms with Crippen LogP contribution in [0.25, 0.3) is 0 Å². The number of likely N-dealkylation sites (tertiary alicyclic amines) is 1. The standard InChI is InChI=1S/C10H18N2O2/c1-2-14-10(13)4-3-6-12-7-5-9(11)8-12/h3-4,9H,2,5-8,11H2,1H3/b4-3+. The van der Waals surface area contributed by atoms with Gasteiger partial charge in [0.05, 0.1) is 6.61 Å². The van der Waals surface area contributed by atoms with E-state index in [2.05, 4.69) is 4.90 Å². The van der Waals surface area contributed by atoms with Gasteiger partial charge in [-0.1, -0.05) is 6.08 Å². The van der Waals surface area contributed by atoms with Crippen molar-refractivity contribution >= 4 is 5.97 Å². The predicted octanol–water partition coefficient (Wildman–Crippen LogP) is 0.139. The molecule has 4 nitrogen and oxygen atoms in total. The van der Waals surface area contributed by atoms with Crippen LogP contribution < -0.4 is 5.73 Å². The Bertz CT molecular complexity index is 216. The van der Waals surface area contributed by atoms with Crippen LogP contribution in [0.15, 0.2) is 12.2 Å². The number of rotatable bonds is 4. The first kappa shape index (κ1) is 11.2. The van der Waals surface area contributed by atoms with Crippen LogP contribution in [0, 0.1) is 0 Å². The molecule has 1 aliphatic heterocycles. The summed E-state index contributed by atoms with van der Waals surface area (Å²) in [5.41, 5.74) is 5.75. The lowest BCUT2D eigenvalue weighted by Gasteiger charge is -2.11. The highest BCUT2D eigenvalue weighted by Gasteiger charge is 2.17. The quantitative estimate of drug-likeness (QED) is 0.515. The third kappa shape index (κ3) is 3.89. The van der Waals surface area contributed by atoms with Crippen molar-refractivity contribution in [2.24, 2.45) is 5.73 Å². The molecule has 1 unspecified atom stereocenters. The van der Waals surface area contributed by atoms with E-state index in [1.807, 2.05) is 6.08 Å². The fourth-order valence-electron chi connectivity index (χ4n) is 1.52. The van der Waals surface area contributed by atoms with Gasteiger partial charge in [0, 0.05) is 31.8 Å². The van der Waals surface area contributed by atoms with Crippen LogP contribution in [-0.4, -0.2) is 43.2 Å². The maximum Gasteiger partial charge on any atom is 0.330 e. The summed E-state index contributed by atoms with van der Waals surface area (Å²) in [5, 5.41) is 0. The van der Waals surface area contributed by atoms with Crippen molar-refractivity contribution in [3.05, 3.63) is 12.2 Å². The van der Waals surface area contributed by atoms with E-state index in [0.717, 1.165) is 26.1 Å². The van der Waals surface area contributed by atoms with Gasteiger partial charge in [0.2, 0.25) is 0 Å². The molecule has 0 bridgehead atoms. The smallest absolute Gasteiger partial charge is 0.330 e. The van der Waals surface area contributed by atoms with Crippen LogP contribution in [0.5, 0.6) is 0 Å². The zero-order chi connectivity index (χ0) is 10.4. The number of carbonyl (C=O) groups is 1. The first-order valence-corrected chi connectivity index (χ1v) is 5.03. The van der Waals surface area contributed by atoms with Crippen LogP contribution in [-0.2, 0) is 9.53 Å². The number of esters is 1. The second kappa shape index (κ2) is 5.78. The minimum Gasteiger partial charge on any atom is -0.463 e. The van der Waals surface area contributed by atoms with E-state index in [1.165, 1.54) is 6.08 Å². The molecule has 0 saturated carbocycles. The summed E-state index contributed by atoms with van der Waals surface area (Å²) in [7, 11) is 0. The van der Waals surface area contributed by atoms with Crippen LogP contribution in [0.2, 0.25) is 0 Å². The van der Waals surface area contributed by atoms with Crippen molar-refractivity contribution in [1.82, 2.24) is 4.90 Å². The van der Waals surface area contributed by atoms with E-state index in [0.29, 0.717) is 12.6 Å². The minimum atomic E-state index is -0.268. The van der Waals surface area contributed by atoms with Crippen molar-refractivity contribution in [3.63, 3.8) is 0 Å². The molecule has 0 aromatic carbocycles. The summed E-state index contributed by atoms with van der Waals surface area (Å²) >= 11 is 0. The Morgan fingerprint density at radius 1 is 1.71 bits per heavy atom. The van der Waals surface area contributed by atoms with Gasteiger partial charge in [-0.3, -0.25) is 4.90 Å². The number of nitrogens with zero attached hydrogens (tertiary/aromatic N) is 1. The summed E-state index contributed by atoms with van der Waals surface area (Å²) in [6.07, 6.45) is 4.36. The van der Waals surface area contributed by atoms with Gasteiger partial charge in [-0.25, -0.2) is 4.79 Å². The molecule has 0 spiro atoms. The molecule has 14 heavy (non-hydrogen) atoms. The minimum absolute atomic E-state index is 0.268. The van der Waals surface area contributed by atoms with Gasteiger partial charge < -0.3 is 10.5 Å². The van der Waals surface area contributed by atoms with Crippen molar-refractivity contribution in [3.8, 4) is 0 Å². The third-order valence-corrected chi connectivity index (χ3v) is 2.21. The molecule has 1 saturated heterocycles. The van der Waals surface area contributed by atoms with Crippen molar-refractivity contribution in [2.75, 3.05) is 26.2 Å². The SMILES string of the molecule is CCOC(=O)/C=C/CN1CCC(N)C1. The van der Waals surface area contributed by atoms with Crippen LogP contribution >= 0.6 is 0 Å². The molecule has 0 aromatic rings. The van der Waals surface area contributed by atoms with Gasteiger partial charge in [-0.15, -0.1) is 0 Å². The summed E-state index contributed by atoms with van der Waals surface area (Å²) < 4.78 is 4.76. The molecule has 0 aromatic heterocycles. The highest BCUT2D eigenvalue weighted by molar-refractivity contribution is 5.81. The molecule has 1 atom stereocenters. The van der Waals surface area contributed by atoms with Crippen LogP contribution in [0.1, 0.15) is 13.3 Å². The summed E-state index contributed by atoms with van der Waals surface area (Å²) in [6, 6.07) is 0.297. The lowest BCUT2D eigenvalue weighted by atomic mass is 10.3. The Balaban J connectivity index is 2.16. The molecule has 1 heterocycles. The summed E-state index contributed by atoms with van der Waals surface area (Å²) in [6.45, 7) is 4.96. The molecule has 1 rings (SSSR count). The van der Waals surface area contributed by atoms with E-state index in [4.69, 9.17) is 10.5 Å². The monoisotopic (exact) mass is 198 g/mol. The molecule has 1 aliphatic rings. The van der Waals surface area contributed by atoms with Crippen molar-refractivity contribution in [2.45, 2.75) is 19.4 Å². The first-order chi connectivity index (χ1) is 6.72. The topological polar surface area (TPSA) is 55.6 Å². The van der Waals surface area contributed by atoms with Gasteiger partial charge >= 0.3 is 5.97 Å². The second-order valence-electron chi connectivity index (χ2n) is 3.46. The Morgan fingerprint density at radius 2 is 2.50 bits per heavy atom. The van der Waals surface area contributed by atoms with Crippen molar-refractivity contribution < 1.29 is 9.53 Å². The Kier molecular flexibility index (Phi) is 4.62. The lowest BCUT2D eigenvalue weighted by Crippen LogP contribution is -2.26. The Morgan fingerprint density at radius 3 is 3.07 bits per heavy atom. The number of hydrogen-bond acceptors (Lipinski definition) is 4. The van der Waals surface area contributed by atoms with Gasteiger partial charge in [-0.05, 0) is 13.3 Å². The van der Waals surface area contributed by atoms with Gasteiger partial charge in [0.1, 0.15) is 0 Å². The third-order valence-electron chi connectivity index (χ3n) is 2.21. The lowest BCUT2D eigenvalue weighted by molar-refractivity contribution is -0.137. The number of ether oxygens (including phenoxy) is 1. The highest BCUT2D eigenvalue weighted by atomic mass is 16.5. The number of nitrogens with two attached hydrogens (primary N) is 1. The average Bonchev–Trinajstić information content (AvgIpc) is 2.52. The normalized spacial score (nSPS) is 23.1. The molecule has 1 fully saturated rings. The first-order valence-electron chi connectivity index (χ1n) is 5.03. The number of hydrogen-bond donors (Lipinski definition) is 1. The van der Waals surface area contributed by atoms with Crippen molar-refractivity contribution in [1.29, 1.82) is 0 Å². The van der Waals surface area contributed by atoms with Gasteiger partial charge in [0.25, 0.3) is 0 Å². The van der Waals surface area contributed by atoms with E-state index < -0.39 is 0 Å². The average molecular weight is 198 g/mol. The second-order valence-corrected chi connectivity index (χ2v) is 3.46. The van der Waals surface area contributed by atoms with Crippen LogP contribution in [0.3, 0.4) is 0 Å². The van der Waals surface area contributed by atoms with Gasteiger partial charge in [0.15, 0.2) is 0 Å². The zero-order valence-corrected chi connectivity index (χ0v) is 8.61. The Labute approximate surface area is 84.7 Å². The molecule has 4 heteroatoms. The molecule has 0 amide bonds. The molecule has 80 valence electrons. The van der Waals surface area contributed by atoms with E-state index in [1.54, 1.807) is 6.92 Å². The summed E-state index contributed by atoms with van der Waals surface area (Å²) in [4.78, 5) is 13.2. The summed E-state index contributed by atoms with van der Waals surface area (Å²) in [5.74, 6) is -0.268.